The second kappa shape index (κ2) is 14.7. The number of benzene rings is 1. The Balaban J connectivity index is 0.000000229. The highest BCUT2D eigenvalue weighted by Gasteiger charge is 2.25. The van der Waals surface area contributed by atoms with E-state index in [9.17, 15) is 14.0 Å². The zero-order valence-corrected chi connectivity index (χ0v) is 26.5. The molecular formula is C35H40FN5O3S. The maximum absolute atomic E-state index is 14.7. The molecule has 1 aromatic carbocycles. The van der Waals surface area contributed by atoms with Crippen molar-refractivity contribution < 1.29 is 18.7 Å². The molecule has 2 aliphatic heterocycles. The van der Waals surface area contributed by atoms with E-state index >= 15 is 0 Å². The molecule has 10 heteroatoms. The van der Waals surface area contributed by atoms with Crippen LogP contribution in [0.3, 0.4) is 0 Å². The summed E-state index contributed by atoms with van der Waals surface area (Å²) in [5.41, 5.74) is 2.59. The molecule has 2 saturated heterocycles. The minimum Gasteiger partial charge on any atom is -0.453 e. The number of piperidine rings is 1. The highest BCUT2D eigenvalue weighted by molar-refractivity contribution is 7.22. The summed E-state index contributed by atoms with van der Waals surface area (Å²) in [6.07, 6.45) is 9.66. The molecule has 0 amide bonds. The van der Waals surface area contributed by atoms with Crippen LogP contribution >= 0.6 is 11.3 Å². The molecule has 0 bridgehead atoms. The molecule has 5 heterocycles. The Labute approximate surface area is 267 Å². The number of likely N-dealkylation sites (N-methyl/N-ethyl adjacent to an activating group) is 1. The van der Waals surface area contributed by atoms with E-state index < -0.39 is 5.82 Å². The molecule has 0 spiro atoms. The summed E-state index contributed by atoms with van der Waals surface area (Å²) in [4.78, 5) is 37.6. The smallest absolute Gasteiger partial charge is 0.166 e. The summed E-state index contributed by atoms with van der Waals surface area (Å²) in [7, 11) is 2.22. The summed E-state index contributed by atoms with van der Waals surface area (Å²) in [6.45, 7) is 7.50. The van der Waals surface area contributed by atoms with Gasteiger partial charge in [0.25, 0.3) is 0 Å². The Morgan fingerprint density at radius 1 is 1.02 bits per heavy atom. The van der Waals surface area contributed by atoms with Gasteiger partial charge < -0.3 is 15.0 Å². The first-order valence-corrected chi connectivity index (χ1v) is 16.7. The number of hydrogen-bond acceptors (Lipinski definition) is 9. The van der Waals surface area contributed by atoms with Crippen LogP contribution in [0.15, 0.2) is 54.9 Å². The van der Waals surface area contributed by atoms with Crippen molar-refractivity contribution in [2.24, 2.45) is 5.92 Å². The number of ether oxygens (including phenoxy) is 1. The second-order valence-corrected chi connectivity index (χ2v) is 13.3. The largest absolute Gasteiger partial charge is 0.453 e. The molecule has 1 aliphatic carbocycles. The Morgan fingerprint density at radius 3 is 2.51 bits per heavy atom. The molecular weight excluding hydrogens is 589 g/mol. The Hall–Kier alpha value is -3.57. The minimum absolute atomic E-state index is 0.0966. The van der Waals surface area contributed by atoms with E-state index in [0.29, 0.717) is 34.7 Å². The number of nitrogens with one attached hydrogen (secondary N) is 1. The molecule has 7 rings (SSSR count). The number of rotatable bonds is 9. The molecule has 0 atom stereocenters. The maximum Gasteiger partial charge on any atom is 0.166 e. The first-order chi connectivity index (χ1) is 21.9. The summed E-state index contributed by atoms with van der Waals surface area (Å²) >= 11 is 1.43. The van der Waals surface area contributed by atoms with Crippen LogP contribution in [-0.2, 0) is 11.2 Å². The van der Waals surface area contributed by atoms with Gasteiger partial charge in [0.2, 0.25) is 0 Å². The zero-order chi connectivity index (χ0) is 31.2. The highest BCUT2D eigenvalue weighted by Crippen LogP contribution is 2.39. The molecule has 8 nitrogen and oxygen atoms in total. The summed E-state index contributed by atoms with van der Waals surface area (Å²) in [5.74, 6) is 0.760. The van der Waals surface area contributed by atoms with Crippen molar-refractivity contribution in [2.45, 2.75) is 44.6 Å². The van der Waals surface area contributed by atoms with Crippen molar-refractivity contribution in [2.75, 3.05) is 46.3 Å². The van der Waals surface area contributed by atoms with E-state index in [0.717, 1.165) is 40.4 Å². The zero-order valence-electron chi connectivity index (χ0n) is 25.7. The summed E-state index contributed by atoms with van der Waals surface area (Å²) in [6, 6.07) is 12.6. The van der Waals surface area contributed by atoms with Crippen LogP contribution in [0.5, 0.6) is 11.5 Å². The van der Waals surface area contributed by atoms with E-state index in [1.165, 1.54) is 75.7 Å². The number of carbonyl (C=O) groups excluding carboxylic acids is 2. The fourth-order valence-electron chi connectivity index (χ4n) is 5.90. The predicted octanol–water partition coefficient (Wildman–Crippen LogP) is 6.00. The lowest BCUT2D eigenvalue weighted by Gasteiger charge is -2.39. The molecule has 3 aliphatic rings. The van der Waals surface area contributed by atoms with Gasteiger partial charge in [-0.25, -0.2) is 4.39 Å². The van der Waals surface area contributed by atoms with Crippen LogP contribution in [0.2, 0.25) is 0 Å². The van der Waals surface area contributed by atoms with Gasteiger partial charge in [-0.1, -0.05) is 6.07 Å². The maximum atomic E-state index is 14.7. The van der Waals surface area contributed by atoms with E-state index in [2.05, 4.69) is 32.1 Å². The van der Waals surface area contributed by atoms with Gasteiger partial charge in [-0.05, 0) is 87.6 Å². The fraction of sp³-hybridized carbons (Fsp3) is 0.429. The Kier molecular flexibility index (Phi) is 10.2. The van der Waals surface area contributed by atoms with Gasteiger partial charge in [0.05, 0.1) is 20.8 Å². The lowest BCUT2D eigenvalue weighted by molar-refractivity contribution is -0.118. The molecule has 236 valence electrons. The topological polar surface area (TPSA) is 87.7 Å². The van der Waals surface area contributed by atoms with Gasteiger partial charge >= 0.3 is 0 Å². The number of piperazine rings is 1. The number of pyridine rings is 2. The molecule has 45 heavy (non-hydrogen) atoms. The van der Waals surface area contributed by atoms with Crippen LogP contribution in [-0.4, -0.2) is 84.2 Å². The van der Waals surface area contributed by atoms with E-state index in [4.69, 9.17) is 4.74 Å². The summed E-state index contributed by atoms with van der Waals surface area (Å²) < 4.78 is 21.4. The molecule has 0 radical (unpaired) electrons. The van der Waals surface area contributed by atoms with E-state index in [1.54, 1.807) is 36.5 Å². The van der Waals surface area contributed by atoms with E-state index in [-0.39, 0.29) is 18.0 Å². The third kappa shape index (κ3) is 8.38. The van der Waals surface area contributed by atoms with Crippen molar-refractivity contribution in [3.05, 3.63) is 71.8 Å². The van der Waals surface area contributed by atoms with Gasteiger partial charge in [-0.15, -0.1) is 11.3 Å². The normalized spacial score (nSPS) is 17.9. The van der Waals surface area contributed by atoms with Crippen molar-refractivity contribution in [1.82, 2.24) is 25.1 Å². The SMILES string of the molecule is CN1CCN(C2CCNCC2)CC1.O=Cc1ccc(-c2cc3nccc(Oc4ccc(CC(=O)CC5CC5)cc4F)c3s2)nc1. The van der Waals surface area contributed by atoms with Gasteiger partial charge in [0.15, 0.2) is 17.9 Å². The molecule has 4 aromatic rings. The van der Waals surface area contributed by atoms with Crippen molar-refractivity contribution in [1.29, 1.82) is 0 Å². The number of halogens is 1. The molecule has 1 saturated carbocycles. The number of aldehydes is 1. The van der Waals surface area contributed by atoms with Crippen molar-refractivity contribution in [3.8, 4) is 22.1 Å². The lowest BCUT2D eigenvalue weighted by Crippen LogP contribution is -2.51. The standard InChI is InChI=1S/C25H19FN2O3S.C10H21N3/c26-19-11-16(10-18(30)9-15-1-2-15)4-6-22(19)31-23-7-8-27-21-12-24(32-25(21)23)20-5-3-17(14-29)13-28-20;1-12-6-8-13(9-7-12)10-2-4-11-5-3-10/h3-8,11-15H,1-2,9-10H2;10-11H,2-9H2,1H3. The average molecular weight is 630 g/mol. The van der Waals surface area contributed by atoms with Crippen LogP contribution in [0.4, 0.5) is 4.39 Å². The number of hydrogen-bond donors (Lipinski definition) is 1. The number of thiophene rings is 1. The lowest BCUT2D eigenvalue weighted by atomic mass is 10.0. The Morgan fingerprint density at radius 2 is 1.82 bits per heavy atom. The number of carbonyl (C=O) groups is 2. The predicted molar refractivity (Wildman–Crippen MR) is 176 cm³/mol. The van der Waals surface area contributed by atoms with Crippen LogP contribution in [0.25, 0.3) is 20.8 Å². The van der Waals surface area contributed by atoms with Crippen LogP contribution in [0.1, 0.15) is 48.0 Å². The molecule has 0 unspecified atom stereocenters. The van der Waals surface area contributed by atoms with Gasteiger partial charge in [-0.3, -0.25) is 24.5 Å². The average Bonchev–Trinajstić information content (AvgIpc) is 3.76. The molecule has 3 fully saturated rings. The van der Waals surface area contributed by atoms with Gasteiger partial charge in [0.1, 0.15) is 11.5 Å². The summed E-state index contributed by atoms with van der Waals surface area (Å²) in [5, 5.41) is 3.43. The third-order valence-corrected chi connectivity index (χ3v) is 9.91. The molecule has 3 aromatic heterocycles. The van der Waals surface area contributed by atoms with E-state index in [1.807, 2.05) is 6.07 Å². The number of nitrogens with zero attached hydrogens (tertiary/aromatic N) is 4. The number of Topliss-reactive ketones (excluding diaryl/α,β-unsaturated/α-hetero) is 1. The minimum atomic E-state index is -0.505. The van der Waals surface area contributed by atoms with Crippen LogP contribution < -0.4 is 10.1 Å². The third-order valence-electron chi connectivity index (χ3n) is 8.74. The second-order valence-electron chi connectivity index (χ2n) is 12.3. The Bertz CT molecular complexity index is 1610. The quantitative estimate of drug-likeness (QED) is 0.226. The molecule has 1 N–H and O–H groups in total. The monoisotopic (exact) mass is 629 g/mol. The van der Waals surface area contributed by atoms with Gasteiger partial charge in [0, 0.05) is 69.1 Å². The first-order valence-electron chi connectivity index (χ1n) is 15.9. The number of fused-ring (bicyclic) bond motifs is 1. The highest BCUT2D eigenvalue weighted by atomic mass is 32.1. The number of ketones is 1. The van der Waals surface area contributed by atoms with Crippen LogP contribution in [0, 0.1) is 11.7 Å². The van der Waals surface area contributed by atoms with Crippen molar-refractivity contribution >= 4 is 33.6 Å². The van der Waals surface area contributed by atoms with Crippen molar-refractivity contribution in [3.63, 3.8) is 0 Å². The number of aromatic nitrogens is 2. The fourth-order valence-corrected chi connectivity index (χ4v) is 6.94. The first kappa shape index (κ1) is 31.4. The van der Waals surface area contributed by atoms with Gasteiger partial charge in [-0.2, -0.15) is 0 Å².